The number of hydrogen-bond acceptors (Lipinski definition) is 3. The van der Waals surface area contributed by atoms with E-state index in [0.29, 0.717) is 5.56 Å². The van der Waals surface area contributed by atoms with E-state index < -0.39 is 28.5 Å². The van der Waals surface area contributed by atoms with Crippen molar-refractivity contribution in [1.29, 1.82) is 0 Å². The van der Waals surface area contributed by atoms with Crippen molar-refractivity contribution in [1.82, 2.24) is 0 Å². The van der Waals surface area contributed by atoms with Crippen molar-refractivity contribution < 1.29 is 24.5 Å². The van der Waals surface area contributed by atoms with Crippen molar-refractivity contribution in [2.45, 2.75) is 19.3 Å². The number of carbonyl (C=O) groups is 1. The minimum atomic E-state index is -1.41. The molecule has 0 saturated carbocycles. The summed E-state index contributed by atoms with van der Waals surface area (Å²) in [5.74, 6) is -3.30. The summed E-state index contributed by atoms with van der Waals surface area (Å²) in [5.41, 5.74) is -0.946. The minimum Gasteiger partial charge on any atom is -0.504 e. The first kappa shape index (κ1) is 12.4. The lowest BCUT2D eigenvalue weighted by molar-refractivity contribution is 0.0692. The molecule has 1 aromatic rings. The first-order chi connectivity index (χ1) is 7.29. The summed E-state index contributed by atoms with van der Waals surface area (Å²) in [4.78, 5) is 10.8. The Hall–Kier alpha value is -1.62. The van der Waals surface area contributed by atoms with Gasteiger partial charge in [0.15, 0.2) is 11.6 Å². The van der Waals surface area contributed by atoms with Crippen LogP contribution in [0.25, 0.3) is 0 Å². The van der Waals surface area contributed by atoms with E-state index in [1.807, 2.05) is 0 Å². The van der Waals surface area contributed by atoms with E-state index in [2.05, 4.69) is 0 Å². The normalized spacial score (nSPS) is 11.5. The number of aliphatic hydroxyl groups is 1. The van der Waals surface area contributed by atoms with Crippen LogP contribution in [0.3, 0.4) is 0 Å². The van der Waals surface area contributed by atoms with Gasteiger partial charge < -0.3 is 15.3 Å². The summed E-state index contributed by atoms with van der Waals surface area (Å²) in [7, 11) is 0. The minimum absolute atomic E-state index is 0.254. The topological polar surface area (TPSA) is 77.8 Å². The molecule has 0 radical (unpaired) electrons. The maximum absolute atomic E-state index is 13.3. The number of rotatable bonds is 3. The lowest BCUT2D eigenvalue weighted by Gasteiger charge is -2.22. The highest BCUT2D eigenvalue weighted by Gasteiger charge is 2.24. The van der Waals surface area contributed by atoms with Crippen LogP contribution >= 0.6 is 0 Å². The third-order valence-electron chi connectivity index (χ3n) is 2.47. The number of carboxylic acids is 1. The predicted molar refractivity (Wildman–Crippen MR) is 55.1 cm³/mol. The molecule has 0 aliphatic carbocycles. The van der Waals surface area contributed by atoms with Crippen molar-refractivity contribution >= 4 is 5.97 Å². The number of benzene rings is 1. The average molecular weight is 228 g/mol. The molecule has 0 aliphatic heterocycles. The smallest absolute Gasteiger partial charge is 0.339 e. The van der Waals surface area contributed by atoms with E-state index in [1.165, 1.54) is 0 Å². The molecule has 5 heteroatoms. The van der Waals surface area contributed by atoms with Crippen LogP contribution < -0.4 is 0 Å². The molecular weight excluding hydrogens is 215 g/mol. The molecule has 3 N–H and O–H groups in total. The second kappa shape index (κ2) is 4.09. The third kappa shape index (κ3) is 2.14. The molecule has 0 heterocycles. The van der Waals surface area contributed by atoms with Crippen molar-refractivity contribution in [3.05, 3.63) is 29.1 Å². The number of aromatic hydroxyl groups is 1. The van der Waals surface area contributed by atoms with E-state index in [4.69, 9.17) is 10.2 Å². The fourth-order valence-electron chi connectivity index (χ4n) is 1.24. The number of hydrogen-bond donors (Lipinski definition) is 3. The number of halogens is 1. The Kier molecular flexibility index (Phi) is 3.19. The van der Waals surface area contributed by atoms with E-state index in [-0.39, 0.29) is 6.61 Å². The Morgan fingerprint density at radius 2 is 2.00 bits per heavy atom. The molecule has 0 spiro atoms. The highest BCUT2D eigenvalue weighted by molar-refractivity contribution is 5.91. The monoisotopic (exact) mass is 228 g/mol. The van der Waals surface area contributed by atoms with Crippen molar-refractivity contribution in [2.75, 3.05) is 6.61 Å². The second-order valence-corrected chi connectivity index (χ2v) is 4.20. The van der Waals surface area contributed by atoms with Crippen LogP contribution in [-0.4, -0.2) is 27.9 Å². The third-order valence-corrected chi connectivity index (χ3v) is 2.47. The van der Waals surface area contributed by atoms with Gasteiger partial charge in [-0.25, -0.2) is 9.18 Å². The SMILES string of the molecule is CC(C)(CO)c1cc(F)c(O)c(C(=O)O)c1. The Morgan fingerprint density at radius 1 is 1.44 bits per heavy atom. The summed E-state index contributed by atoms with van der Waals surface area (Å²) in [6, 6.07) is 2.19. The highest BCUT2D eigenvalue weighted by atomic mass is 19.1. The summed E-state index contributed by atoms with van der Waals surface area (Å²) < 4.78 is 13.3. The molecule has 16 heavy (non-hydrogen) atoms. The lowest BCUT2D eigenvalue weighted by atomic mass is 9.84. The predicted octanol–water partition coefficient (Wildman–Crippen LogP) is 1.50. The maximum Gasteiger partial charge on any atom is 0.339 e. The molecule has 0 aliphatic rings. The maximum atomic E-state index is 13.3. The highest BCUT2D eigenvalue weighted by Crippen LogP contribution is 2.30. The fourth-order valence-corrected chi connectivity index (χ4v) is 1.24. The molecule has 0 atom stereocenters. The van der Waals surface area contributed by atoms with Crippen LogP contribution in [0, 0.1) is 5.82 Å². The Bertz CT molecular complexity index is 426. The van der Waals surface area contributed by atoms with E-state index in [1.54, 1.807) is 13.8 Å². The van der Waals surface area contributed by atoms with Gasteiger partial charge in [0.2, 0.25) is 0 Å². The Morgan fingerprint density at radius 3 is 2.44 bits per heavy atom. The van der Waals surface area contributed by atoms with Gasteiger partial charge >= 0.3 is 5.97 Å². The summed E-state index contributed by atoms with van der Waals surface area (Å²) in [6.45, 7) is 3.03. The van der Waals surface area contributed by atoms with Crippen LogP contribution in [0.15, 0.2) is 12.1 Å². The van der Waals surface area contributed by atoms with E-state index in [9.17, 15) is 14.3 Å². The van der Waals surface area contributed by atoms with Gasteiger partial charge in [0, 0.05) is 5.41 Å². The van der Waals surface area contributed by atoms with Crippen LogP contribution in [0.2, 0.25) is 0 Å². The zero-order chi connectivity index (χ0) is 12.5. The Labute approximate surface area is 92.0 Å². The summed E-state index contributed by atoms with van der Waals surface area (Å²) >= 11 is 0. The van der Waals surface area contributed by atoms with Crippen molar-refractivity contribution in [2.24, 2.45) is 0 Å². The standard InChI is InChI=1S/C11H13FO4/c1-11(2,5-13)6-3-7(10(15)16)9(14)8(12)4-6/h3-4,13-14H,5H2,1-2H3,(H,15,16). The van der Waals surface area contributed by atoms with E-state index >= 15 is 0 Å². The van der Waals surface area contributed by atoms with Crippen molar-refractivity contribution in [3.63, 3.8) is 0 Å². The van der Waals surface area contributed by atoms with Gasteiger partial charge in [-0.1, -0.05) is 13.8 Å². The van der Waals surface area contributed by atoms with Crippen molar-refractivity contribution in [3.8, 4) is 5.75 Å². The zero-order valence-electron chi connectivity index (χ0n) is 8.99. The lowest BCUT2D eigenvalue weighted by Crippen LogP contribution is -2.22. The van der Waals surface area contributed by atoms with E-state index in [0.717, 1.165) is 12.1 Å². The summed E-state index contributed by atoms with van der Waals surface area (Å²) in [6.07, 6.45) is 0. The van der Waals surface area contributed by atoms with Gasteiger partial charge in [-0.15, -0.1) is 0 Å². The molecule has 0 aromatic heterocycles. The van der Waals surface area contributed by atoms with Crippen LogP contribution in [-0.2, 0) is 5.41 Å². The number of carboxylic acid groups (broad SMARTS) is 1. The van der Waals surface area contributed by atoms with Gasteiger partial charge in [0.25, 0.3) is 0 Å². The molecule has 0 amide bonds. The molecular formula is C11H13FO4. The molecule has 0 bridgehead atoms. The molecule has 1 rings (SSSR count). The molecule has 4 nitrogen and oxygen atoms in total. The largest absolute Gasteiger partial charge is 0.504 e. The second-order valence-electron chi connectivity index (χ2n) is 4.20. The van der Waals surface area contributed by atoms with Gasteiger partial charge in [0.1, 0.15) is 5.56 Å². The fraction of sp³-hybridized carbons (Fsp3) is 0.364. The molecule has 88 valence electrons. The molecule has 0 unspecified atom stereocenters. The molecule has 0 fully saturated rings. The van der Waals surface area contributed by atoms with Crippen LogP contribution in [0.4, 0.5) is 4.39 Å². The summed E-state index contributed by atoms with van der Waals surface area (Å²) in [5, 5.41) is 27.1. The molecule has 1 aromatic carbocycles. The first-order valence-corrected chi connectivity index (χ1v) is 4.66. The zero-order valence-corrected chi connectivity index (χ0v) is 8.99. The van der Waals surface area contributed by atoms with Gasteiger partial charge in [-0.2, -0.15) is 0 Å². The quantitative estimate of drug-likeness (QED) is 0.732. The van der Waals surface area contributed by atoms with Crippen LogP contribution in [0.1, 0.15) is 29.8 Å². The number of phenols is 1. The van der Waals surface area contributed by atoms with Gasteiger partial charge in [-0.3, -0.25) is 0 Å². The first-order valence-electron chi connectivity index (χ1n) is 4.66. The molecule has 0 saturated heterocycles. The van der Waals surface area contributed by atoms with Crippen LogP contribution in [0.5, 0.6) is 5.75 Å². The number of aliphatic hydroxyl groups excluding tert-OH is 1. The van der Waals surface area contributed by atoms with Gasteiger partial charge in [-0.05, 0) is 17.7 Å². The average Bonchev–Trinajstić information content (AvgIpc) is 2.21. The number of aromatic carboxylic acids is 1. The van der Waals surface area contributed by atoms with Gasteiger partial charge in [0.05, 0.1) is 6.61 Å². The Balaban J connectivity index is 3.41.